The molecule has 0 aromatic carbocycles. The van der Waals surface area contributed by atoms with Crippen LogP contribution in [0.3, 0.4) is 0 Å². The third kappa shape index (κ3) is 2.82. The Labute approximate surface area is 125 Å². The number of ether oxygens (including phenoxy) is 1. The van der Waals surface area contributed by atoms with Gasteiger partial charge in [-0.25, -0.2) is 0 Å². The molecule has 0 unspecified atom stereocenters. The molecule has 0 spiro atoms. The van der Waals surface area contributed by atoms with Gasteiger partial charge in [0.2, 0.25) is 11.2 Å². The molecule has 1 N–H and O–H groups in total. The summed E-state index contributed by atoms with van der Waals surface area (Å²) in [5.74, 6) is 1.05. The van der Waals surface area contributed by atoms with E-state index in [1.54, 1.807) is 0 Å². The normalized spacial score (nSPS) is 20.0. The standard InChI is InChI=1S/C14H23ClN4O/c1-8(2)20-12-18-10(15)17-11(19-12)16-7-9-13(3,4)14(9,5)6/h8-9H,7H2,1-6H3,(H,16,17,18,19). The first kappa shape index (κ1) is 15.3. The van der Waals surface area contributed by atoms with Gasteiger partial charge in [-0.05, 0) is 42.2 Å². The molecule has 1 aliphatic carbocycles. The van der Waals surface area contributed by atoms with E-state index < -0.39 is 0 Å². The molecule has 0 aliphatic heterocycles. The van der Waals surface area contributed by atoms with Gasteiger partial charge in [-0.2, -0.15) is 15.0 Å². The van der Waals surface area contributed by atoms with Crippen molar-refractivity contribution in [2.75, 3.05) is 11.9 Å². The van der Waals surface area contributed by atoms with Crippen molar-refractivity contribution in [2.24, 2.45) is 16.7 Å². The van der Waals surface area contributed by atoms with Crippen molar-refractivity contribution >= 4 is 17.5 Å². The predicted octanol–water partition coefficient (Wildman–Crippen LogP) is 3.41. The molecule has 1 aliphatic rings. The van der Waals surface area contributed by atoms with E-state index in [0.29, 0.717) is 22.7 Å². The van der Waals surface area contributed by atoms with Crippen LogP contribution in [0.5, 0.6) is 6.01 Å². The largest absolute Gasteiger partial charge is 0.461 e. The first-order chi connectivity index (χ1) is 9.14. The van der Waals surface area contributed by atoms with E-state index in [0.717, 1.165) is 6.54 Å². The highest BCUT2D eigenvalue weighted by atomic mass is 35.5. The predicted molar refractivity (Wildman–Crippen MR) is 80.1 cm³/mol. The van der Waals surface area contributed by atoms with Gasteiger partial charge in [0, 0.05) is 6.54 Å². The van der Waals surface area contributed by atoms with E-state index in [2.05, 4.69) is 48.0 Å². The Hall–Kier alpha value is -1.10. The number of nitrogens with one attached hydrogen (secondary N) is 1. The van der Waals surface area contributed by atoms with Gasteiger partial charge in [0.25, 0.3) is 0 Å². The van der Waals surface area contributed by atoms with Gasteiger partial charge in [0.15, 0.2) is 0 Å². The number of aromatic nitrogens is 3. The highest BCUT2D eigenvalue weighted by Gasteiger charge is 2.64. The summed E-state index contributed by atoms with van der Waals surface area (Å²) in [6.07, 6.45) is 0.00242. The zero-order valence-corrected chi connectivity index (χ0v) is 13.7. The van der Waals surface area contributed by atoms with Crippen LogP contribution >= 0.6 is 11.6 Å². The second-order valence-electron chi connectivity index (χ2n) is 6.75. The molecule has 0 amide bonds. The highest BCUT2D eigenvalue weighted by molar-refractivity contribution is 6.28. The maximum atomic E-state index is 5.89. The molecule has 1 heterocycles. The summed E-state index contributed by atoms with van der Waals surface area (Å²) in [5.41, 5.74) is 0.655. The molecule has 1 saturated carbocycles. The zero-order valence-electron chi connectivity index (χ0n) is 13.0. The van der Waals surface area contributed by atoms with E-state index in [4.69, 9.17) is 16.3 Å². The third-order valence-electron chi connectivity index (χ3n) is 4.71. The summed E-state index contributed by atoms with van der Waals surface area (Å²) in [6.45, 7) is 13.8. The molecule has 6 heteroatoms. The summed E-state index contributed by atoms with van der Waals surface area (Å²) >= 11 is 5.89. The molecule has 0 bridgehead atoms. The molecule has 112 valence electrons. The lowest BCUT2D eigenvalue weighted by Crippen LogP contribution is -2.14. The summed E-state index contributed by atoms with van der Waals surface area (Å²) in [5, 5.41) is 3.39. The molecule has 0 saturated heterocycles. The second-order valence-corrected chi connectivity index (χ2v) is 7.09. The Morgan fingerprint density at radius 3 is 2.25 bits per heavy atom. The van der Waals surface area contributed by atoms with Crippen LogP contribution in [0, 0.1) is 16.7 Å². The van der Waals surface area contributed by atoms with Crippen molar-refractivity contribution in [3.05, 3.63) is 5.28 Å². The van der Waals surface area contributed by atoms with Crippen molar-refractivity contribution in [1.82, 2.24) is 15.0 Å². The van der Waals surface area contributed by atoms with Crippen molar-refractivity contribution in [2.45, 2.75) is 47.6 Å². The van der Waals surface area contributed by atoms with E-state index in [9.17, 15) is 0 Å². The van der Waals surface area contributed by atoms with Gasteiger partial charge in [0.05, 0.1) is 6.10 Å². The fraction of sp³-hybridized carbons (Fsp3) is 0.786. The van der Waals surface area contributed by atoms with Crippen LogP contribution in [-0.2, 0) is 0 Å². The molecular formula is C14H23ClN4O. The molecule has 5 nitrogen and oxygen atoms in total. The first-order valence-electron chi connectivity index (χ1n) is 6.96. The minimum absolute atomic E-state index is 0.00242. The molecular weight excluding hydrogens is 276 g/mol. The number of halogens is 1. The van der Waals surface area contributed by atoms with Gasteiger partial charge >= 0.3 is 6.01 Å². The molecule has 2 rings (SSSR count). The van der Waals surface area contributed by atoms with Gasteiger partial charge in [-0.15, -0.1) is 0 Å². The van der Waals surface area contributed by atoms with Crippen molar-refractivity contribution in [3.63, 3.8) is 0 Å². The third-order valence-corrected chi connectivity index (χ3v) is 4.88. The number of hydrogen-bond acceptors (Lipinski definition) is 5. The van der Waals surface area contributed by atoms with Gasteiger partial charge < -0.3 is 10.1 Å². The number of hydrogen-bond donors (Lipinski definition) is 1. The minimum atomic E-state index is 0.00242. The lowest BCUT2D eigenvalue weighted by molar-refractivity contribution is 0.222. The van der Waals surface area contributed by atoms with E-state index >= 15 is 0 Å². The van der Waals surface area contributed by atoms with Crippen molar-refractivity contribution in [3.8, 4) is 6.01 Å². The van der Waals surface area contributed by atoms with Crippen LogP contribution in [0.2, 0.25) is 5.28 Å². The molecule has 0 atom stereocenters. The number of nitrogens with zero attached hydrogens (tertiary/aromatic N) is 3. The highest BCUT2D eigenvalue weighted by Crippen LogP contribution is 2.68. The van der Waals surface area contributed by atoms with E-state index in [1.165, 1.54) is 0 Å². The second kappa shape index (κ2) is 5.02. The fourth-order valence-corrected chi connectivity index (χ4v) is 2.86. The van der Waals surface area contributed by atoms with E-state index in [-0.39, 0.29) is 17.4 Å². The quantitative estimate of drug-likeness (QED) is 0.902. The number of rotatable bonds is 5. The smallest absolute Gasteiger partial charge is 0.322 e. The SMILES string of the molecule is CC(C)Oc1nc(Cl)nc(NCC2C(C)(C)C2(C)C)n1. The lowest BCUT2D eigenvalue weighted by atomic mass is 10.0. The first-order valence-corrected chi connectivity index (χ1v) is 7.34. The summed E-state index contributed by atoms with van der Waals surface area (Å²) in [4.78, 5) is 12.3. The minimum Gasteiger partial charge on any atom is -0.461 e. The molecule has 1 fully saturated rings. The average molecular weight is 299 g/mol. The maximum absolute atomic E-state index is 5.89. The average Bonchev–Trinajstić information content (AvgIpc) is 2.64. The van der Waals surface area contributed by atoms with Crippen LogP contribution in [-0.4, -0.2) is 27.6 Å². The molecule has 1 aromatic rings. The van der Waals surface area contributed by atoms with Gasteiger partial charge in [0.1, 0.15) is 0 Å². The van der Waals surface area contributed by atoms with Crippen LogP contribution in [0.1, 0.15) is 41.5 Å². The molecule has 20 heavy (non-hydrogen) atoms. The van der Waals surface area contributed by atoms with Crippen LogP contribution in [0.15, 0.2) is 0 Å². The summed E-state index contributed by atoms with van der Waals surface area (Å²) < 4.78 is 5.45. The van der Waals surface area contributed by atoms with Crippen LogP contribution in [0.4, 0.5) is 5.95 Å². The van der Waals surface area contributed by atoms with Crippen LogP contribution in [0.25, 0.3) is 0 Å². The molecule has 1 aromatic heterocycles. The van der Waals surface area contributed by atoms with Gasteiger partial charge in [-0.3, -0.25) is 0 Å². The maximum Gasteiger partial charge on any atom is 0.322 e. The fourth-order valence-electron chi connectivity index (χ4n) is 2.71. The topological polar surface area (TPSA) is 59.9 Å². The van der Waals surface area contributed by atoms with Crippen molar-refractivity contribution in [1.29, 1.82) is 0 Å². The van der Waals surface area contributed by atoms with Crippen molar-refractivity contribution < 1.29 is 4.74 Å². The molecule has 0 radical (unpaired) electrons. The Kier molecular flexibility index (Phi) is 3.84. The summed E-state index contributed by atoms with van der Waals surface area (Å²) in [7, 11) is 0. The van der Waals surface area contributed by atoms with Gasteiger partial charge in [-0.1, -0.05) is 27.7 Å². The zero-order chi connectivity index (χ0) is 15.1. The number of anilines is 1. The summed E-state index contributed by atoms with van der Waals surface area (Å²) in [6, 6.07) is 0.261. The Morgan fingerprint density at radius 1 is 1.15 bits per heavy atom. The van der Waals surface area contributed by atoms with Crippen LogP contribution < -0.4 is 10.1 Å². The Morgan fingerprint density at radius 2 is 1.75 bits per heavy atom. The lowest BCUT2D eigenvalue weighted by Gasteiger charge is -2.10. The van der Waals surface area contributed by atoms with E-state index in [1.807, 2.05) is 13.8 Å². The Balaban J connectivity index is 2.02. The Bertz CT molecular complexity index is 488. The monoisotopic (exact) mass is 298 g/mol.